The summed E-state index contributed by atoms with van der Waals surface area (Å²) in [5.74, 6) is 0.399. The zero-order valence-electron chi connectivity index (χ0n) is 17.1. The first-order valence-corrected chi connectivity index (χ1v) is 12.6. The second-order valence-electron chi connectivity index (χ2n) is 5.88. The van der Waals surface area contributed by atoms with Crippen LogP contribution >= 0.6 is 15.6 Å². The van der Waals surface area contributed by atoms with Crippen molar-refractivity contribution in [3.63, 3.8) is 0 Å². The van der Waals surface area contributed by atoms with Crippen LogP contribution in [0, 0.1) is 0 Å². The fourth-order valence-corrected chi connectivity index (χ4v) is 4.57. The molecule has 0 unspecified atom stereocenters. The summed E-state index contributed by atoms with van der Waals surface area (Å²) in [6.45, 7) is 8.52. The third kappa shape index (κ3) is 9.55. The molecule has 0 amide bonds. The molecule has 0 heterocycles. The molecular weight excluding hydrogens is 406 g/mol. The molecule has 0 fully saturated rings. The van der Waals surface area contributed by atoms with Crippen LogP contribution in [0.3, 0.4) is 0 Å². The van der Waals surface area contributed by atoms with Crippen molar-refractivity contribution in [3.8, 4) is 11.5 Å². The Bertz CT molecular complexity index is 577. The molecule has 0 aliphatic heterocycles. The molecule has 0 aromatic heterocycles. The van der Waals surface area contributed by atoms with Crippen LogP contribution in [0.4, 0.5) is 0 Å². The van der Waals surface area contributed by atoms with E-state index in [2.05, 4.69) is 0 Å². The molecule has 0 spiro atoms. The second kappa shape index (κ2) is 13.4. The summed E-state index contributed by atoms with van der Waals surface area (Å²) < 4.78 is 57.7. The van der Waals surface area contributed by atoms with E-state index in [-0.39, 0.29) is 37.9 Å². The van der Waals surface area contributed by atoms with Crippen molar-refractivity contribution in [2.75, 3.05) is 26.4 Å². The average molecular weight is 438 g/mol. The van der Waals surface area contributed by atoms with Crippen LogP contribution < -0.4 is 9.05 Å². The lowest BCUT2D eigenvalue weighted by Crippen LogP contribution is -2.05. The Morgan fingerprint density at radius 3 is 1.25 bits per heavy atom. The van der Waals surface area contributed by atoms with Crippen LogP contribution in [0.25, 0.3) is 0 Å². The minimum absolute atomic E-state index is 0.200. The summed E-state index contributed by atoms with van der Waals surface area (Å²) in [5, 5.41) is 0. The number of phosphoric acid groups is 2. The van der Waals surface area contributed by atoms with Gasteiger partial charge in [0.05, 0.1) is 26.4 Å². The topological polar surface area (TPSA) is 89.5 Å². The van der Waals surface area contributed by atoms with Crippen molar-refractivity contribution in [2.24, 2.45) is 0 Å². The van der Waals surface area contributed by atoms with Crippen molar-refractivity contribution in [1.29, 1.82) is 0 Å². The molecule has 8 nitrogen and oxygen atoms in total. The quantitative estimate of drug-likeness (QED) is 0.275. The molecule has 162 valence electrons. The first kappa shape index (κ1) is 25.2. The fourth-order valence-electron chi connectivity index (χ4n) is 1.84. The summed E-state index contributed by atoms with van der Waals surface area (Å²) in [7, 11) is -7.54. The summed E-state index contributed by atoms with van der Waals surface area (Å²) in [4.78, 5) is 0. The molecule has 0 radical (unpaired) electrons. The number of rotatable bonds is 16. The number of hydrogen-bond donors (Lipinski definition) is 0. The van der Waals surface area contributed by atoms with E-state index in [1.807, 2.05) is 27.7 Å². The Kier molecular flexibility index (Phi) is 12.0. The second-order valence-corrected chi connectivity index (χ2v) is 9.07. The fraction of sp³-hybridized carbons (Fsp3) is 0.667. The largest absolute Gasteiger partial charge is 0.530 e. The van der Waals surface area contributed by atoms with Gasteiger partial charge in [0.25, 0.3) is 0 Å². The molecule has 10 heteroatoms. The van der Waals surface area contributed by atoms with E-state index >= 15 is 0 Å². The molecule has 1 rings (SSSR count). The minimum atomic E-state index is -3.77. The van der Waals surface area contributed by atoms with Gasteiger partial charge < -0.3 is 9.05 Å². The van der Waals surface area contributed by atoms with Gasteiger partial charge in [-0.05, 0) is 37.8 Å². The van der Waals surface area contributed by atoms with Crippen LogP contribution in [0.5, 0.6) is 11.5 Å². The van der Waals surface area contributed by atoms with Gasteiger partial charge in [0.15, 0.2) is 0 Å². The highest BCUT2D eigenvalue weighted by Gasteiger charge is 2.30. The molecular formula is C18H32O8P2. The van der Waals surface area contributed by atoms with Crippen molar-refractivity contribution in [1.82, 2.24) is 0 Å². The minimum Gasteiger partial charge on any atom is -0.404 e. The maximum Gasteiger partial charge on any atom is 0.530 e. The summed E-state index contributed by atoms with van der Waals surface area (Å²) in [5.41, 5.74) is 0. The van der Waals surface area contributed by atoms with Gasteiger partial charge in [-0.2, -0.15) is 0 Å². The molecule has 0 atom stereocenters. The third-order valence-corrected chi connectivity index (χ3v) is 5.92. The molecule has 28 heavy (non-hydrogen) atoms. The molecule has 0 aliphatic rings. The monoisotopic (exact) mass is 438 g/mol. The van der Waals surface area contributed by atoms with Gasteiger partial charge in [-0.15, -0.1) is 0 Å². The predicted molar refractivity (Wildman–Crippen MR) is 108 cm³/mol. The molecule has 0 saturated heterocycles. The van der Waals surface area contributed by atoms with Crippen LogP contribution in [0.15, 0.2) is 24.3 Å². The van der Waals surface area contributed by atoms with E-state index in [0.717, 1.165) is 0 Å². The zero-order chi connectivity index (χ0) is 20.9. The number of hydrogen-bond acceptors (Lipinski definition) is 8. The summed E-state index contributed by atoms with van der Waals surface area (Å²) in [6, 6.07) is 6.21. The van der Waals surface area contributed by atoms with E-state index in [1.54, 1.807) is 18.2 Å². The molecule has 1 aromatic rings. The van der Waals surface area contributed by atoms with Crippen molar-refractivity contribution in [3.05, 3.63) is 24.3 Å². The first-order chi connectivity index (χ1) is 13.4. The lowest BCUT2D eigenvalue weighted by molar-refractivity contribution is 0.154. The highest BCUT2D eigenvalue weighted by Crippen LogP contribution is 2.52. The van der Waals surface area contributed by atoms with Crippen molar-refractivity contribution >= 4 is 15.6 Å². The van der Waals surface area contributed by atoms with Gasteiger partial charge in [-0.1, -0.05) is 33.8 Å². The maximum atomic E-state index is 12.8. The predicted octanol–water partition coefficient (Wildman–Crippen LogP) is 6.37. The van der Waals surface area contributed by atoms with Gasteiger partial charge in [0.2, 0.25) is 0 Å². The smallest absolute Gasteiger partial charge is 0.404 e. The third-order valence-electron chi connectivity index (χ3n) is 3.05. The molecule has 0 bridgehead atoms. The van der Waals surface area contributed by atoms with Crippen LogP contribution in [-0.2, 0) is 27.2 Å². The van der Waals surface area contributed by atoms with E-state index in [0.29, 0.717) is 25.7 Å². The highest BCUT2D eigenvalue weighted by atomic mass is 31.2. The van der Waals surface area contributed by atoms with E-state index in [9.17, 15) is 9.13 Å². The van der Waals surface area contributed by atoms with Gasteiger partial charge >= 0.3 is 15.6 Å². The van der Waals surface area contributed by atoms with Crippen LogP contribution in [0.1, 0.15) is 53.4 Å². The summed E-state index contributed by atoms with van der Waals surface area (Å²) >= 11 is 0. The van der Waals surface area contributed by atoms with Crippen molar-refractivity contribution < 1.29 is 36.3 Å². The van der Waals surface area contributed by atoms with Gasteiger partial charge in [-0.25, -0.2) is 9.13 Å². The average Bonchev–Trinajstić information content (AvgIpc) is 2.68. The SMILES string of the molecule is CCCOP(=O)(OCCC)Oc1cccc(OP(=O)(OCCC)OCCC)c1. The Morgan fingerprint density at radius 1 is 0.643 bits per heavy atom. The zero-order valence-corrected chi connectivity index (χ0v) is 18.9. The summed E-state index contributed by atoms with van der Waals surface area (Å²) in [6.07, 6.45) is 2.66. The van der Waals surface area contributed by atoms with Gasteiger partial charge in [0.1, 0.15) is 11.5 Å². The van der Waals surface area contributed by atoms with Gasteiger partial charge in [0, 0.05) is 6.07 Å². The molecule has 0 saturated carbocycles. The Labute approximate surface area is 168 Å². The number of benzene rings is 1. The van der Waals surface area contributed by atoms with Crippen LogP contribution in [-0.4, -0.2) is 26.4 Å². The molecule has 1 aromatic carbocycles. The molecule has 0 aliphatic carbocycles. The normalized spacial score (nSPS) is 12.1. The Balaban J connectivity index is 2.92. The lowest BCUT2D eigenvalue weighted by atomic mass is 10.3. The standard InChI is InChI=1S/C18H32O8P2/c1-5-12-21-27(19,22-13-6-2)25-17-10-9-11-18(16-17)26-28(20,23-14-7-3)24-15-8-4/h9-11,16H,5-8,12-15H2,1-4H3. The highest BCUT2D eigenvalue weighted by molar-refractivity contribution is 7.49. The molecule has 0 N–H and O–H groups in total. The lowest BCUT2D eigenvalue weighted by Gasteiger charge is -2.20. The Morgan fingerprint density at radius 2 is 0.964 bits per heavy atom. The van der Waals surface area contributed by atoms with Crippen LogP contribution in [0.2, 0.25) is 0 Å². The van der Waals surface area contributed by atoms with E-state index in [4.69, 9.17) is 27.1 Å². The Hall–Kier alpha value is -0.880. The first-order valence-electron chi connectivity index (χ1n) is 9.67. The van der Waals surface area contributed by atoms with E-state index < -0.39 is 15.6 Å². The van der Waals surface area contributed by atoms with E-state index in [1.165, 1.54) is 6.07 Å². The van der Waals surface area contributed by atoms with Crippen molar-refractivity contribution in [2.45, 2.75) is 53.4 Å². The number of phosphoric ester groups is 2. The van der Waals surface area contributed by atoms with Gasteiger partial charge in [-0.3, -0.25) is 18.1 Å². The maximum absolute atomic E-state index is 12.8.